The molecule has 5 rings (SSSR count). The number of rotatable bonds is 5. The molecule has 0 saturated heterocycles. The minimum Gasteiger partial charge on any atom is -0.454 e. The van der Waals surface area contributed by atoms with Crippen LogP contribution in [0.3, 0.4) is 0 Å². The van der Waals surface area contributed by atoms with Gasteiger partial charge in [0.2, 0.25) is 6.79 Å². The predicted molar refractivity (Wildman–Crippen MR) is 102 cm³/mol. The fourth-order valence-electron chi connectivity index (χ4n) is 3.53. The number of aryl methyl sites for hydroxylation is 1. The van der Waals surface area contributed by atoms with E-state index >= 15 is 0 Å². The molecule has 1 N–H and O–H groups in total. The number of thiazole rings is 1. The van der Waals surface area contributed by atoms with E-state index in [2.05, 4.69) is 25.5 Å². The van der Waals surface area contributed by atoms with E-state index in [9.17, 15) is 0 Å². The summed E-state index contributed by atoms with van der Waals surface area (Å²) in [7, 11) is 0. The van der Waals surface area contributed by atoms with Gasteiger partial charge < -0.3 is 19.4 Å². The van der Waals surface area contributed by atoms with Gasteiger partial charge in [0.15, 0.2) is 11.5 Å². The van der Waals surface area contributed by atoms with Crippen LogP contribution in [0.1, 0.15) is 36.6 Å². The number of benzene rings is 1. The molecule has 0 unspecified atom stereocenters. The van der Waals surface area contributed by atoms with Crippen LogP contribution in [-0.2, 0) is 26.1 Å². The quantitative estimate of drug-likeness (QED) is 0.730. The standard InChI is InChI=1S/C19H21N5O2S/c1-2-4-17-22-23-18(24(17)7-3-1)10-20-9-14-11-27-19(21-14)13-5-6-15-16(8-13)26-12-25-15/h5-6,8,11,20H,1-4,7,9-10,12H2. The SMILES string of the molecule is c1cc2c(cc1-c1nc(CNCc3nnc4n3CCCCC4)cs1)OCO2. The van der Waals surface area contributed by atoms with Gasteiger partial charge in [0.25, 0.3) is 0 Å². The van der Waals surface area contributed by atoms with Crippen molar-refractivity contribution in [1.82, 2.24) is 25.1 Å². The van der Waals surface area contributed by atoms with Crippen molar-refractivity contribution in [2.24, 2.45) is 0 Å². The Kier molecular flexibility index (Phi) is 4.51. The Morgan fingerprint density at radius 3 is 3.04 bits per heavy atom. The highest BCUT2D eigenvalue weighted by atomic mass is 32.1. The van der Waals surface area contributed by atoms with Gasteiger partial charge in [0, 0.05) is 30.5 Å². The van der Waals surface area contributed by atoms with Crippen LogP contribution in [0.15, 0.2) is 23.6 Å². The van der Waals surface area contributed by atoms with Crippen molar-refractivity contribution >= 4 is 11.3 Å². The van der Waals surface area contributed by atoms with Gasteiger partial charge in [-0.15, -0.1) is 21.5 Å². The first-order chi connectivity index (χ1) is 13.4. The molecule has 0 radical (unpaired) electrons. The number of nitrogens with one attached hydrogen (secondary N) is 1. The minimum absolute atomic E-state index is 0.290. The third-order valence-corrected chi connectivity index (χ3v) is 5.89. The smallest absolute Gasteiger partial charge is 0.231 e. The lowest BCUT2D eigenvalue weighted by atomic mass is 10.2. The molecule has 0 aliphatic carbocycles. The van der Waals surface area contributed by atoms with Crippen molar-refractivity contribution in [1.29, 1.82) is 0 Å². The summed E-state index contributed by atoms with van der Waals surface area (Å²) in [6, 6.07) is 5.95. The predicted octanol–water partition coefficient (Wildman–Crippen LogP) is 3.15. The molecule has 2 aliphatic heterocycles. The number of fused-ring (bicyclic) bond motifs is 2. The second-order valence-electron chi connectivity index (χ2n) is 6.81. The lowest BCUT2D eigenvalue weighted by Crippen LogP contribution is -2.17. The summed E-state index contributed by atoms with van der Waals surface area (Å²) >= 11 is 1.64. The highest BCUT2D eigenvalue weighted by Gasteiger charge is 2.16. The molecule has 0 bridgehead atoms. The maximum atomic E-state index is 5.46. The van der Waals surface area contributed by atoms with Gasteiger partial charge in [-0.1, -0.05) is 6.42 Å². The molecule has 0 amide bonds. The Labute approximate surface area is 161 Å². The number of hydrogen-bond donors (Lipinski definition) is 1. The van der Waals surface area contributed by atoms with Gasteiger partial charge >= 0.3 is 0 Å². The number of ether oxygens (including phenoxy) is 2. The van der Waals surface area contributed by atoms with Gasteiger partial charge in [-0.05, 0) is 31.0 Å². The Balaban J connectivity index is 1.22. The summed E-state index contributed by atoms with van der Waals surface area (Å²) in [5.41, 5.74) is 2.08. The lowest BCUT2D eigenvalue weighted by molar-refractivity contribution is 0.174. The Morgan fingerprint density at radius 2 is 2.04 bits per heavy atom. The number of hydrogen-bond acceptors (Lipinski definition) is 7. The zero-order valence-corrected chi connectivity index (χ0v) is 15.8. The zero-order valence-electron chi connectivity index (χ0n) is 15.0. The first-order valence-corrected chi connectivity index (χ1v) is 10.2. The minimum atomic E-state index is 0.290. The van der Waals surface area contributed by atoms with Crippen LogP contribution in [0.2, 0.25) is 0 Å². The Bertz CT molecular complexity index is 951. The van der Waals surface area contributed by atoms with E-state index in [1.165, 1.54) is 19.3 Å². The summed E-state index contributed by atoms with van der Waals surface area (Å²) in [6.07, 6.45) is 4.74. The van der Waals surface area contributed by atoms with E-state index in [-0.39, 0.29) is 6.79 Å². The topological polar surface area (TPSA) is 74.1 Å². The molecule has 2 aromatic heterocycles. The molecule has 0 fully saturated rings. The normalized spacial score (nSPS) is 15.6. The molecule has 4 heterocycles. The fraction of sp³-hybridized carbons (Fsp3) is 0.421. The van der Waals surface area contributed by atoms with Gasteiger partial charge in [0.05, 0.1) is 12.2 Å². The summed E-state index contributed by atoms with van der Waals surface area (Å²) < 4.78 is 13.1. The van der Waals surface area contributed by atoms with Crippen LogP contribution in [0, 0.1) is 0 Å². The molecule has 8 heteroatoms. The summed E-state index contributed by atoms with van der Waals surface area (Å²) in [4.78, 5) is 4.74. The van der Waals surface area contributed by atoms with E-state index < -0.39 is 0 Å². The van der Waals surface area contributed by atoms with E-state index in [1.54, 1.807) is 11.3 Å². The first kappa shape index (κ1) is 16.7. The molecule has 140 valence electrons. The third kappa shape index (κ3) is 3.42. The highest BCUT2D eigenvalue weighted by Crippen LogP contribution is 2.36. The van der Waals surface area contributed by atoms with Crippen LogP contribution < -0.4 is 14.8 Å². The van der Waals surface area contributed by atoms with Gasteiger partial charge in [0.1, 0.15) is 16.7 Å². The van der Waals surface area contributed by atoms with Crippen molar-refractivity contribution in [2.45, 2.75) is 45.3 Å². The second kappa shape index (κ2) is 7.28. The van der Waals surface area contributed by atoms with Crippen molar-refractivity contribution < 1.29 is 9.47 Å². The molecule has 7 nitrogen and oxygen atoms in total. The maximum absolute atomic E-state index is 5.46. The molecule has 0 spiro atoms. The van der Waals surface area contributed by atoms with Crippen LogP contribution in [-0.4, -0.2) is 26.5 Å². The third-order valence-electron chi connectivity index (χ3n) is 4.95. The average molecular weight is 383 g/mol. The molecular weight excluding hydrogens is 362 g/mol. The van der Waals surface area contributed by atoms with Crippen LogP contribution in [0.4, 0.5) is 0 Å². The lowest BCUT2D eigenvalue weighted by Gasteiger charge is -2.07. The van der Waals surface area contributed by atoms with E-state index in [4.69, 9.17) is 14.5 Å². The Hall–Kier alpha value is -2.45. The maximum Gasteiger partial charge on any atom is 0.231 e. The van der Waals surface area contributed by atoms with Crippen molar-refractivity contribution in [3.63, 3.8) is 0 Å². The average Bonchev–Trinajstić information content (AvgIpc) is 3.39. The first-order valence-electron chi connectivity index (χ1n) is 9.33. The largest absolute Gasteiger partial charge is 0.454 e. The number of nitrogens with zero attached hydrogens (tertiary/aromatic N) is 4. The molecule has 2 aliphatic rings. The van der Waals surface area contributed by atoms with E-state index in [0.29, 0.717) is 13.1 Å². The Morgan fingerprint density at radius 1 is 1.07 bits per heavy atom. The molecule has 0 saturated carbocycles. The van der Waals surface area contributed by atoms with Gasteiger partial charge in [-0.25, -0.2) is 4.98 Å². The molecule has 27 heavy (non-hydrogen) atoms. The molecule has 1 aromatic carbocycles. The number of aromatic nitrogens is 4. The van der Waals surface area contributed by atoms with Crippen LogP contribution in [0.5, 0.6) is 11.5 Å². The van der Waals surface area contributed by atoms with Crippen LogP contribution in [0.25, 0.3) is 10.6 Å². The van der Waals surface area contributed by atoms with E-state index in [1.807, 2.05) is 18.2 Å². The molecule has 3 aromatic rings. The summed E-state index contributed by atoms with van der Waals surface area (Å²) in [5.74, 6) is 3.74. The van der Waals surface area contributed by atoms with Crippen molar-refractivity contribution in [2.75, 3.05) is 6.79 Å². The monoisotopic (exact) mass is 383 g/mol. The fourth-order valence-corrected chi connectivity index (χ4v) is 4.35. The second-order valence-corrected chi connectivity index (χ2v) is 7.67. The van der Waals surface area contributed by atoms with E-state index in [0.717, 1.165) is 52.4 Å². The van der Waals surface area contributed by atoms with Crippen LogP contribution >= 0.6 is 11.3 Å². The van der Waals surface area contributed by atoms with Crippen molar-refractivity contribution in [3.05, 3.63) is 40.9 Å². The highest BCUT2D eigenvalue weighted by molar-refractivity contribution is 7.13. The zero-order chi connectivity index (χ0) is 18.1. The summed E-state index contributed by atoms with van der Waals surface area (Å²) in [5, 5.41) is 15.3. The molecule has 0 atom stereocenters. The van der Waals surface area contributed by atoms with Gasteiger partial charge in [-0.2, -0.15) is 0 Å². The molecular formula is C19H21N5O2S. The van der Waals surface area contributed by atoms with Crippen molar-refractivity contribution in [3.8, 4) is 22.1 Å². The van der Waals surface area contributed by atoms with Gasteiger partial charge in [-0.3, -0.25) is 0 Å². The summed E-state index contributed by atoms with van der Waals surface area (Å²) in [6.45, 7) is 2.75.